The van der Waals surface area contributed by atoms with Crippen molar-refractivity contribution < 1.29 is 4.42 Å². The molecule has 0 amide bonds. The van der Waals surface area contributed by atoms with E-state index in [-0.39, 0.29) is 0 Å². The number of nitrogens with zero attached hydrogens (tertiary/aromatic N) is 2. The van der Waals surface area contributed by atoms with Gasteiger partial charge in [-0.1, -0.05) is 6.92 Å². The average Bonchev–Trinajstić information content (AvgIpc) is 2.86. The van der Waals surface area contributed by atoms with Gasteiger partial charge in [-0.05, 0) is 0 Å². The lowest BCUT2D eigenvalue weighted by atomic mass is 10.4. The molecule has 0 saturated carbocycles. The second kappa shape index (κ2) is 4.13. The maximum Gasteiger partial charge on any atom is 0.213 e. The van der Waals surface area contributed by atoms with Gasteiger partial charge in [-0.15, -0.1) is 0 Å². The third-order valence-corrected chi connectivity index (χ3v) is 2.03. The summed E-state index contributed by atoms with van der Waals surface area (Å²) in [5.74, 6) is 2.46. The molecule has 0 aromatic carbocycles. The van der Waals surface area contributed by atoms with E-state index in [1.165, 1.54) is 0 Å². The zero-order chi connectivity index (χ0) is 9.80. The van der Waals surface area contributed by atoms with Crippen LogP contribution in [-0.2, 0) is 13.0 Å². The summed E-state index contributed by atoms with van der Waals surface area (Å²) >= 11 is 0. The van der Waals surface area contributed by atoms with Crippen LogP contribution in [0.3, 0.4) is 0 Å². The Morgan fingerprint density at radius 3 is 3.21 bits per heavy atom. The highest BCUT2D eigenvalue weighted by atomic mass is 16.4. The number of hydrogen-bond acceptors (Lipinski definition) is 5. The molecule has 5 heteroatoms. The summed E-state index contributed by atoms with van der Waals surface area (Å²) in [5.41, 5.74) is 0. The molecule has 0 radical (unpaired) electrons. The van der Waals surface area contributed by atoms with Gasteiger partial charge in [-0.2, -0.15) is 0 Å². The molecule has 2 N–H and O–H groups in total. The van der Waals surface area contributed by atoms with Crippen LogP contribution < -0.4 is 10.6 Å². The highest BCUT2D eigenvalue weighted by Crippen LogP contribution is 2.03. The van der Waals surface area contributed by atoms with E-state index in [1.54, 1.807) is 6.20 Å². The fraction of sp³-hybridized carbons (Fsp3) is 0.556. The quantitative estimate of drug-likeness (QED) is 0.725. The van der Waals surface area contributed by atoms with E-state index in [2.05, 4.69) is 20.6 Å². The minimum atomic E-state index is 0.589. The number of guanidine groups is 1. The number of aryl methyl sites for hydroxylation is 1. The molecule has 1 aliphatic rings. The van der Waals surface area contributed by atoms with Crippen molar-refractivity contribution in [3.8, 4) is 0 Å². The normalized spacial score (nSPS) is 15.1. The van der Waals surface area contributed by atoms with Gasteiger partial charge < -0.3 is 15.1 Å². The maximum atomic E-state index is 5.44. The van der Waals surface area contributed by atoms with Crippen molar-refractivity contribution in [1.29, 1.82) is 0 Å². The van der Waals surface area contributed by atoms with Crippen molar-refractivity contribution in [3.05, 3.63) is 17.8 Å². The maximum absolute atomic E-state index is 5.44. The van der Waals surface area contributed by atoms with Crippen LogP contribution in [0, 0.1) is 0 Å². The van der Waals surface area contributed by atoms with Crippen LogP contribution in [0.5, 0.6) is 0 Å². The van der Waals surface area contributed by atoms with Crippen LogP contribution in [-0.4, -0.2) is 24.0 Å². The van der Waals surface area contributed by atoms with Gasteiger partial charge >= 0.3 is 0 Å². The van der Waals surface area contributed by atoms with Gasteiger partial charge in [0.2, 0.25) is 5.89 Å². The van der Waals surface area contributed by atoms with Gasteiger partial charge in [0.1, 0.15) is 5.76 Å². The first-order valence-corrected chi connectivity index (χ1v) is 4.84. The molecule has 0 aliphatic carbocycles. The number of nitrogens with one attached hydrogen (secondary N) is 2. The molecule has 0 saturated heterocycles. The van der Waals surface area contributed by atoms with E-state index in [0.717, 1.165) is 31.2 Å². The van der Waals surface area contributed by atoms with Gasteiger partial charge in [0.15, 0.2) is 5.96 Å². The molecule has 1 aliphatic heterocycles. The molecule has 2 heterocycles. The predicted molar refractivity (Wildman–Crippen MR) is 53.0 cm³/mol. The SMILES string of the molecule is CCc1cnc(CNC2=NCCN2)o1. The van der Waals surface area contributed by atoms with Crippen molar-refractivity contribution >= 4 is 5.96 Å². The lowest BCUT2D eigenvalue weighted by molar-refractivity contribution is 0.453. The van der Waals surface area contributed by atoms with Gasteiger partial charge in [-0.25, -0.2) is 4.98 Å². The molecule has 0 spiro atoms. The zero-order valence-electron chi connectivity index (χ0n) is 8.21. The second-order valence-corrected chi connectivity index (χ2v) is 3.08. The number of aromatic nitrogens is 1. The van der Waals surface area contributed by atoms with Crippen molar-refractivity contribution in [2.75, 3.05) is 13.1 Å². The first-order valence-electron chi connectivity index (χ1n) is 4.84. The lowest BCUT2D eigenvalue weighted by Crippen LogP contribution is -2.33. The van der Waals surface area contributed by atoms with E-state index in [0.29, 0.717) is 12.4 Å². The smallest absolute Gasteiger partial charge is 0.213 e. The van der Waals surface area contributed by atoms with Crippen LogP contribution in [0.15, 0.2) is 15.6 Å². The molecule has 2 rings (SSSR count). The van der Waals surface area contributed by atoms with Crippen molar-refractivity contribution in [3.63, 3.8) is 0 Å². The van der Waals surface area contributed by atoms with Gasteiger partial charge in [0.25, 0.3) is 0 Å². The Bertz CT molecular complexity index is 331. The minimum Gasteiger partial charge on any atom is -0.444 e. The summed E-state index contributed by atoms with van der Waals surface area (Å²) in [6.07, 6.45) is 2.65. The van der Waals surface area contributed by atoms with Crippen LogP contribution in [0.4, 0.5) is 0 Å². The first kappa shape index (κ1) is 9.05. The summed E-state index contributed by atoms with van der Waals surface area (Å²) in [5, 5.41) is 6.23. The van der Waals surface area contributed by atoms with Crippen molar-refractivity contribution in [1.82, 2.24) is 15.6 Å². The molecule has 1 aromatic heterocycles. The number of rotatable bonds is 3. The summed E-state index contributed by atoms with van der Waals surface area (Å²) in [6, 6.07) is 0. The third kappa shape index (κ3) is 2.04. The molecular formula is C9H14N4O. The van der Waals surface area contributed by atoms with E-state index >= 15 is 0 Å². The summed E-state index contributed by atoms with van der Waals surface area (Å²) < 4.78 is 5.44. The van der Waals surface area contributed by atoms with Crippen LogP contribution in [0.1, 0.15) is 18.6 Å². The standard InChI is InChI=1S/C9H14N4O/c1-2-7-5-12-8(14-7)6-13-9-10-3-4-11-9/h5H,2-4,6H2,1H3,(H2,10,11,13). The van der Waals surface area contributed by atoms with Gasteiger partial charge in [0.05, 0.1) is 19.3 Å². The molecule has 1 aromatic rings. The largest absolute Gasteiger partial charge is 0.444 e. The highest BCUT2D eigenvalue weighted by molar-refractivity contribution is 5.81. The fourth-order valence-electron chi connectivity index (χ4n) is 1.27. The average molecular weight is 194 g/mol. The molecule has 5 nitrogen and oxygen atoms in total. The number of hydrogen-bond donors (Lipinski definition) is 2. The number of oxazole rings is 1. The van der Waals surface area contributed by atoms with E-state index in [1.807, 2.05) is 6.92 Å². The lowest BCUT2D eigenvalue weighted by Gasteiger charge is -2.02. The monoisotopic (exact) mass is 194 g/mol. The molecular weight excluding hydrogens is 180 g/mol. The third-order valence-electron chi connectivity index (χ3n) is 2.03. The van der Waals surface area contributed by atoms with Crippen molar-refractivity contribution in [2.45, 2.75) is 19.9 Å². The zero-order valence-corrected chi connectivity index (χ0v) is 8.21. The van der Waals surface area contributed by atoms with Crippen LogP contribution in [0.2, 0.25) is 0 Å². The Labute approximate surface area is 82.6 Å². The van der Waals surface area contributed by atoms with E-state index in [4.69, 9.17) is 4.42 Å². The van der Waals surface area contributed by atoms with Gasteiger partial charge in [-0.3, -0.25) is 4.99 Å². The Morgan fingerprint density at radius 2 is 2.57 bits per heavy atom. The predicted octanol–water partition coefficient (Wildman–Crippen LogP) is 0.286. The molecule has 0 bridgehead atoms. The Morgan fingerprint density at radius 1 is 1.64 bits per heavy atom. The molecule has 0 unspecified atom stereocenters. The van der Waals surface area contributed by atoms with Crippen molar-refractivity contribution in [2.24, 2.45) is 4.99 Å². The minimum absolute atomic E-state index is 0.589. The fourth-order valence-corrected chi connectivity index (χ4v) is 1.27. The van der Waals surface area contributed by atoms with E-state index in [9.17, 15) is 0 Å². The summed E-state index contributed by atoms with van der Waals surface area (Å²) in [6.45, 7) is 4.38. The number of aliphatic imine (C=N–C) groups is 1. The second-order valence-electron chi connectivity index (χ2n) is 3.08. The molecule has 0 atom stereocenters. The molecule has 76 valence electrons. The first-order chi connectivity index (χ1) is 6.88. The van der Waals surface area contributed by atoms with E-state index < -0.39 is 0 Å². The Hall–Kier alpha value is -1.52. The summed E-state index contributed by atoms with van der Waals surface area (Å²) in [7, 11) is 0. The Balaban J connectivity index is 1.85. The highest BCUT2D eigenvalue weighted by Gasteiger charge is 2.06. The summed E-state index contributed by atoms with van der Waals surface area (Å²) in [4.78, 5) is 8.34. The van der Waals surface area contributed by atoms with Crippen LogP contribution >= 0.6 is 0 Å². The Kier molecular flexibility index (Phi) is 2.67. The molecule has 0 fully saturated rings. The van der Waals surface area contributed by atoms with Crippen LogP contribution in [0.25, 0.3) is 0 Å². The topological polar surface area (TPSA) is 62.5 Å². The van der Waals surface area contributed by atoms with Gasteiger partial charge in [0, 0.05) is 13.0 Å². The molecule has 14 heavy (non-hydrogen) atoms.